The summed E-state index contributed by atoms with van der Waals surface area (Å²) < 4.78 is 0. The van der Waals surface area contributed by atoms with Crippen LogP contribution in [0.4, 0.5) is 0 Å². The molecular weight excluding hydrogens is 551 g/mol. The molecule has 0 spiro atoms. The molecule has 0 fully saturated rings. The third-order valence-electron chi connectivity index (χ3n) is 0. The van der Waals surface area contributed by atoms with Gasteiger partial charge in [-0.15, -0.1) is 0 Å². The van der Waals surface area contributed by atoms with Crippen LogP contribution in [0.3, 0.4) is 0 Å². The molecule has 0 aromatic rings. The Morgan fingerprint density at radius 2 is 0.400 bits per heavy atom. The number of rotatable bonds is 0. The first kappa shape index (κ1) is 178. The van der Waals surface area contributed by atoms with Crippen LogP contribution in [0.5, 0.6) is 0 Å². The molecule has 0 amide bonds. The molecule has 0 atom stereocenters. The van der Waals surface area contributed by atoms with Crippen molar-refractivity contribution in [3.05, 3.63) is 0 Å². The molecule has 0 bridgehead atoms. The molecule has 68 valence electrons. The fourth-order valence-electron chi connectivity index (χ4n) is 0. The van der Waals surface area contributed by atoms with Crippen molar-refractivity contribution in [2.45, 2.75) is 0 Å². The summed E-state index contributed by atoms with van der Waals surface area (Å²) in [5.41, 5.74) is 0. The first-order valence-corrected chi connectivity index (χ1v) is 0. The van der Waals surface area contributed by atoms with Gasteiger partial charge in [0.1, 0.15) is 0 Å². The minimum atomic E-state index is 0. The molecule has 0 saturated carbocycles. The molecule has 0 aliphatic heterocycles. The third-order valence-corrected chi connectivity index (χ3v) is 0. The Balaban J connectivity index is 0. The summed E-state index contributed by atoms with van der Waals surface area (Å²) in [6.45, 7) is 0. The molecule has 0 rings (SSSR count). The maximum absolute atomic E-state index is 0. The largest absolute Gasteiger partial charge is 3.00 e. The van der Waals surface area contributed by atoms with Crippen LogP contribution in [0, 0.1) is 0 Å². The van der Waals surface area contributed by atoms with E-state index in [1.54, 1.807) is 0 Å². The molecule has 10 heavy (non-hydrogen) atoms. The van der Waals surface area contributed by atoms with E-state index in [4.69, 9.17) is 0 Å². The van der Waals surface area contributed by atoms with Crippen LogP contribution < -0.4 is 91.6 Å². The smallest absolute Gasteiger partial charge is 1.00 e. The summed E-state index contributed by atoms with van der Waals surface area (Å²) in [5, 5.41) is 0. The molecular formula is AsBiCl7F-2. The van der Waals surface area contributed by atoms with E-state index in [2.05, 4.69) is 0 Å². The molecule has 0 unspecified atom stereocenters. The average molecular weight is 551 g/mol. The molecule has 0 aromatic heterocycles. The molecule has 0 saturated heterocycles. The first-order chi connectivity index (χ1) is 0. The van der Waals surface area contributed by atoms with E-state index in [-0.39, 0.29) is 136 Å². The Bertz CT molecular complexity index is 13.6. The summed E-state index contributed by atoms with van der Waals surface area (Å²) >= 11 is 0. The van der Waals surface area contributed by atoms with Crippen LogP contribution in [-0.4, -0.2) is 44.2 Å². The van der Waals surface area contributed by atoms with Gasteiger partial charge in [0.2, 0.25) is 0 Å². The summed E-state index contributed by atoms with van der Waals surface area (Å²) in [7, 11) is 0. The maximum Gasteiger partial charge on any atom is 3.00 e. The van der Waals surface area contributed by atoms with Crippen molar-refractivity contribution in [3.8, 4) is 0 Å². The van der Waals surface area contributed by atoms with Crippen LogP contribution >= 0.6 is 0 Å². The second-order valence-corrected chi connectivity index (χ2v) is 0. The topological polar surface area (TPSA) is 0 Å². The monoisotopic (exact) mass is 548 g/mol. The van der Waals surface area contributed by atoms with Crippen molar-refractivity contribution >= 4 is 44.2 Å². The van der Waals surface area contributed by atoms with Gasteiger partial charge < -0.3 is 91.6 Å². The third kappa shape index (κ3) is 107. The molecule has 0 aliphatic rings. The van der Waals surface area contributed by atoms with Crippen LogP contribution in [0.2, 0.25) is 0 Å². The van der Waals surface area contributed by atoms with Crippen molar-refractivity contribution in [1.29, 1.82) is 0 Å². The summed E-state index contributed by atoms with van der Waals surface area (Å²) in [6.07, 6.45) is 0. The fraction of sp³-hybridized carbons (Fsp3) is 0. The van der Waals surface area contributed by atoms with E-state index < -0.39 is 0 Å². The van der Waals surface area contributed by atoms with Gasteiger partial charge in [-0.3, -0.25) is 0 Å². The maximum atomic E-state index is 0. The quantitative estimate of drug-likeness (QED) is 0.263. The number of hydrogen-bond acceptors (Lipinski definition) is 0. The molecule has 0 nitrogen and oxygen atoms in total. The Labute approximate surface area is 134 Å². The first-order valence-electron chi connectivity index (χ1n) is 0. The Kier molecular flexibility index (Phi) is 2480. The van der Waals surface area contributed by atoms with Crippen LogP contribution in [0.15, 0.2) is 0 Å². The molecule has 4 radical (unpaired) electrons. The summed E-state index contributed by atoms with van der Waals surface area (Å²) in [6, 6.07) is 0. The second-order valence-electron chi connectivity index (χ2n) is 0. The van der Waals surface area contributed by atoms with E-state index >= 15 is 0 Å². The van der Waals surface area contributed by atoms with Gasteiger partial charge in [0.25, 0.3) is 0 Å². The van der Waals surface area contributed by atoms with Crippen LogP contribution in [-0.2, 0) is 0 Å². The average Bonchev–Trinajstić information content (AvgIpc) is 0. The zero-order valence-electron chi connectivity index (χ0n) is 3.92. The molecule has 0 N–H and O–H groups in total. The predicted molar refractivity (Wildman–Crippen MR) is 11.5 cm³/mol. The van der Waals surface area contributed by atoms with Crippen molar-refractivity contribution in [1.82, 2.24) is 0 Å². The molecule has 0 aromatic carbocycles. The molecule has 0 aliphatic carbocycles. The van der Waals surface area contributed by atoms with Crippen molar-refractivity contribution in [2.24, 2.45) is 0 Å². The van der Waals surface area contributed by atoms with Crippen LogP contribution in [0.1, 0.15) is 0 Å². The Hall–Kier alpha value is 3.40. The van der Waals surface area contributed by atoms with E-state index in [0.717, 1.165) is 0 Å². The second kappa shape index (κ2) is 139. The fourth-order valence-corrected chi connectivity index (χ4v) is 0. The van der Waals surface area contributed by atoms with Crippen molar-refractivity contribution < 1.29 is 91.6 Å². The van der Waals surface area contributed by atoms with Crippen LogP contribution in [0.25, 0.3) is 0 Å². The molecule has 10 heteroatoms. The van der Waals surface area contributed by atoms with Gasteiger partial charge in [0, 0.05) is 0 Å². The van der Waals surface area contributed by atoms with Gasteiger partial charge in [-0.25, -0.2) is 0 Å². The Morgan fingerprint density at radius 3 is 0.400 bits per heavy atom. The van der Waals surface area contributed by atoms with Gasteiger partial charge in [0.05, 0.1) is 0 Å². The zero-order chi connectivity index (χ0) is 0. The summed E-state index contributed by atoms with van der Waals surface area (Å²) in [4.78, 5) is 0. The van der Waals surface area contributed by atoms with Gasteiger partial charge in [-0.05, 0) is 0 Å². The number of hydrogen-bond donors (Lipinski definition) is 0. The normalized spacial score (nSPS) is 0. The van der Waals surface area contributed by atoms with Crippen molar-refractivity contribution in [2.75, 3.05) is 0 Å². The van der Waals surface area contributed by atoms with E-state index in [0.29, 0.717) is 0 Å². The zero-order valence-corrected chi connectivity index (χ0v) is 14.6. The van der Waals surface area contributed by atoms with Gasteiger partial charge >= 0.3 is 44.2 Å². The SMILES string of the molecule is [As+3].[Bi+3].[Cl-].[Cl-].[Cl-].[Cl-].[Cl-].[Cl-].[Cl-].[F-]. The predicted octanol–water partition coefficient (Wildman–Crippen LogP) is -24.7. The van der Waals surface area contributed by atoms with Gasteiger partial charge in [-0.1, -0.05) is 0 Å². The minimum Gasteiger partial charge on any atom is -1.00 e. The standard InChI is InChI=1S/As.Bi.7ClH.FH/h;;8*1H/q2*+3;;;;;;;;/p-8. The molecule has 0 heterocycles. The van der Waals surface area contributed by atoms with Crippen molar-refractivity contribution in [3.63, 3.8) is 0 Å². The van der Waals surface area contributed by atoms with E-state index in [9.17, 15) is 0 Å². The van der Waals surface area contributed by atoms with E-state index in [1.807, 2.05) is 0 Å². The van der Waals surface area contributed by atoms with Gasteiger partial charge in [-0.2, -0.15) is 0 Å². The van der Waals surface area contributed by atoms with Gasteiger partial charge in [0.15, 0.2) is 0 Å². The summed E-state index contributed by atoms with van der Waals surface area (Å²) in [5.74, 6) is 0. The minimum absolute atomic E-state index is 0. The van der Waals surface area contributed by atoms with E-state index in [1.165, 1.54) is 0 Å². The Morgan fingerprint density at radius 1 is 0.400 bits per heavy atom. The number of halogens is 8.